The van der Waals surface area contributed by atoms with Crippen LogP contribution in [-0.4, -0.2) is 16.9 Å². The molecule has 0 radical (unpaired) electrons. The third-order valence-electron chi connectivity index (χ3n) is 2.66. The van der Waals surface area contributed by atoms with Crippen LogP contribution in [0.2, 0.25) is 10.0 Å². The number of H-pyrrole nitrogens is 1. The average molecular weight is 285 g/mol. The van der Waals surface area contributed by atoms with Gasteiger partial charge < -0.3 is 10.3 Å². The number of halogens is 2. The van der Waals surface area contributed by atoms with E-state index in [0.717, 1.165) is 16.6 Å². The van der Waals surface area contributed by atoms with Gasteiger partial charge in [0.25, 0.3) is 5.91 Å². The van der Waals surface area contributed by atoms with Crippen LogP contribution in [-0.2, 0) is 0 Å². The fraction of sp³-hybridized carbons (Fsp3) is 0.308. The summed E-state index contributed by atoms with van der Waals surface area (Å²) in [6.45, 7) is 5.68. The number of rotatable bonds is 2. The topological polar surface area (TPSA) is 44.9 Å². The number of nitrogens with one attached hydrogen (secondary N) is 2. The molecule has 0 atom stereocenters. The molecule has 0 aliphatic heterocycles. The SMILES string of the molecule is Cc1[nH]c2c(Cl)cc(Cl)cc2c1C(=O)NC(C)C. The van der Waals surface area contributed by atoms with Crippen molar-refractivity contribution in [3.63, 3.8) is 0 Å². The molecule has 1 aromatic heterocycles. The highest BCUT2D eigenvalue weighted by atomic mass is 35.5. The summed E-state index contributed by atoms with van der Waals surface area (Å²) in [5.41, 5.74) is 2.13. The van der Waals surface area contributed by atoms with E-state index in [1.807, 2.05) is 20.8 Å². The van der Waals surface area contributed by atoms with Crippen molar-refractivity contribution >= 4 is 40.0 Å². The molecule has 0 aliphatic rings. The van der Waals surface area contributed by atoms with Gasteiger partial charge >= 0.3 is 0 Å². The molecular weight excluding hydrogens is 271 g/mol. The van der Waals surface area contributed by atoms with Gasteiger partial charge in [0, 0.05) is 22.1 Å². The molecule has 0 spiro atoms. The Bertz CT molecular complexity index is 617. The van der Waals surface area contributed by atoms with Crippen molar-refractivity contribution in [2.45, 2.75) is 26.8 Å². The number of aromatic amines is 1. The summed E-state index contributed by atoms with van der Waals surface area (Å²) in [5, 5.41) is 4.66. The Balaban J connectivity index is 2.63. The minimum atomic E-state index is -0.118. The van der Waals surface area contributed by atoms with Crippen molar-refractivity contribution in [3.05, 3.63) is 33.4 Å². The zero-order valence-corrected chi connectivity index (χ0v) is 11.9. The first-order valence-corrected chi connectivity index (χ1v) is 6.44. The lowest BCUT2D eigenvalue weighted by Gasteiger charge is -2.08. The van der Waals surface area contributed by atoms with Crippen LogP contribution in [0.25, 0.3) is 10.9 Å². The van der Waals surface area contributed by atoms with Gasteiger partial charge in [-0.15, -0.1) is 0 Å². The van der Waals surface area contributed by atoms with Crippen LogP contribution in [0.5, 0.6) is 0 Å². The fourth-order valence-electron chi connectivity index (χ4n) is 1.98. The maximum atomic E-state index is 12.2. The molecule has 2 N–H and O–H groups in total. The Hall–Kier alpha value is -1.19. The van der Waals surface area contributed by atoms with E-state index < -0.39 is 0 Å². The maximum Gasteiger partial charge on any atom is 0.253 e. The van der Waals surface area contributed by atoms with Crippen LogP contribution in [0.4, 0.5) is 0 Å². The second-order valence-corrected chi connectivity index (χ2v) is 5.41. The maximum absolute atomic E-state index is 12.2. The molecular formula is C13H14Cl2N2O. The van der Waals surface area contributed by atoms with Crippen LogP contribution >= 0.6 is 23.2 Å². The Labute approximate surface area is 115 Å². The molecule has 0 aliphatic carbocycles. The molecule has 1 heterocycles. The zero-order chi connectivity index (χ0) is 13.4. The lowest BCUT2D eigenvalue weighted by molar-refractivity contribution is 0.0944. The van der Waals surface area contributed by atoms with E-state index >= 15 is 0 Å². The molecule has 1 amide bonds. The number of fused-ring (bicyclic) bond motifs is 1. The summed E-state index contributed by atoms with van der Waals surface area (Å²) >= 11 is 12.1. The van der Waals surface area contributed by atoms with Crippen LogP contribution in [0, 0.1) is 6.92 Å². The third-order valence-corrected chi connectivity index (χ3v) is 3.17. The Morgan fingerprint density at radius 3 is 2.61 bits per heavy atom. The monoisotopic (exact) mass is 284 g/mol. The summed E-state index contributed by atoms with van der Waals surface area (Å²) in [4.78, 5) is 15.3. The number of carbonyl (C=O) groups is 1. The minimum Gasteiger partial charge on any atom is -0.357 e. The summed E-state index contributed by atoms with van der Waals surface area (Å²) in [5.74, 6) is -0.118. The zero-order valence-electron chi connectivity index (χ0n) is 10.4. The summed E-state index contributed by atoms with van der Waals surface area (Å²) in [6, 6.07) is 3.49. The van der Waals surface area contributed by atoms with Gasteiger partial charge in [0.2, 0.25) is 0 Å². The summed E-state index contributed by atoms with van der Waals surface area (Å²) in [7, 11) is 0. The average Bonchev–Trinajstić information content (AvgIpc) is 2.53. The van der Waals surface area contributed by atoms with Crippen LogP contribution in [0.15, 0.2) is 12.1 Å². The number of aryl methyl sites for hydroxylation is 1. The molecule has 0 saturated carbocycles. The Kier molecular flexibility index (Phi) is 3.55. The lowest BCUT2D eigenvalue weighted by atomic mass is 10.1. The van der Waals surface area contributed by atoms with Gasteiger partial charge in [-0.2, -0.15) is 0 Å². The standard InChI is InChI=1S/C13H14Cl2N2O/c1-6(2)16-13(18)11-7(3)17-12-9(11)4-8(14)5-10(12)15/h4-6,17H,1-3H3,(H,16,18). The van der Waals surface area contributed by atoms with Crippen LogP contribution < -0.4 is 5.32 Å². The van der Waals surface area contributed by atoms with Crippen LogP contribution in [0.3, 0.4) is 0 Å². The third kappa shape index (κ3) is 2.33. The molecule has 3 nitrogen and oxygen atoms in total. The molecule has 5 heteroatoms. The quantitative estimate of drug-likeness (QED) is 0.863. The molecule has 0 saturated heterocycles. The van der Waals surface area contributed by atoms with E-state index in [9.17, 15) is 4.79 Å². The van der Waals surface area contributed by atoms with Crippen molar-refractivity contribution in [3.8, 4) is 0 Å². The van der Waals surface area contributed by atoms with Crippen molar-refractivity contribution < 1.29 is 4.79 Å². The normalized spacial score (nSPS) is 11.2. The summed E-state index contributed by atoms with van der Waals surface area (Å²) < 4.78 is 0. The summed E-state index contributed by atoms with van der Waals surface area (Å²) in [6.07, 6.45) is 0. The largest absolute Gasteiger partial charge is 0.357 e. The first-order valence-electron chi connectivity index (χ1n) is 5.68. The van der Waals surface area contributed by atoms with E-state index in [4.69, 9.17) is 23.2 Å². The molecule has 0 bridgehead atoms. The van der Waals surface area contributed by atoms with Gasteiger partial charge in [0.1, 0.15) is 0 Å². The Morgan fingerprint density at radius 2 is 2.00 bits per heavy atom. The van der Waals surface area contributed by atoms with Gasteiger partial charge in [-0.1, -0.05) is 23.2 Å². The number of benzene rings is 1. The van der Waals surface area contributed by atoms with Gasteiger partial charge in [0.05, 0.1) is 16.1 Å². The highest BCUT2D eigenvalue weighted by molar-refractivity contribution is 6.39. The van der Waals surface area contributed by atoms with E-state index in [0.29, 0.717) is 15.6 Å². The lowest BCUT2D eigenvalue weighted by Crippen LogP contribution is -2.30. The van der Waals surface area contributed by atoms with Crippen LogP contribution in [0.1, 0.15) is 29.9 Å². The fourth-order valence-corrected chi connectivity index (χ4v) is 2.52. The van der Waals surface area contributed by atoms with Crippen molar-refractivity contribution in [1.29, 1.82) is 0 Å². The number of aromatic nitrogens is 1. The van der Waals surface area contributed by atoms with Gasteiger partial charge in [0.15, 0.2) is 0 Å². The van der Waals surface area contributed by atoms with Crippen molar-refractivity contribution in [1.82, 2.24) is 10.3 Å². The van der Waals surface area contributed by atoms with E-state index in [2.05, 4.69) is 10.3 Å². The number of carbonyl (C=O) groups excluding carboxylic acids is 1. The molecule has 2 rings (SSSR count). The highest BCUT2D eigenvalue weighted by Gasteiger charge is 2.18. The first kappa shape index (κ1) is 13.2. The molecule has 96 valence electrons. The van der Waals surface area contributed by atoms with Gasteiger partial charge in [-0.05, 0) is 32.9 Å². The minimum absolute atomic E-state index is 0.0801. The number of hydrogen-bond donors (Lipinski definition) is 2. The van der Waals surface area contributed by atoms with Crippen molar-refractivity contribution in [2.75, 3.05) is 0 Å². The molecule has 1 aromatic carbocycles. The number of amides is 1. The first-order chi connectivity index (χ1) is 8.40. The smallest absolute Gasteiger partial charge is 0.253 e. The Morgan fingerprint density at radius 1 is 1.33 bits per heavy atom. The van der Waals surface area contributed by atoms with E-state index in [1.54, 1.807) is 12.1 Å². The van der Waals surface area contributed by atoms with Gasteiger partial charge in [-0.3, -0.25) is 4.79 Å². The highest BCUT2D eigenvalue weighted by Crippen LogP contribution is 2.31. The number of hydrogen-bond acceptors (Lipinski definition) is 1. The second kappa shape index (κ2) is 4.82. The van der Waals surface area contributed by atoms with E-state index in [1.165, 1.54) is 0 Å². The predicted molar refractivity (Wildman–Crippen MR) is 75.7 cm³/mol. The van der Waals surface area contributed by atoms with E-state index in [-0.39, 0.29) is 11.9 Å². The molecule has 2 aromatic rings. The second-order valence-electron chi connectivity index (χ2n) is 4.56. The van der Waals surface area contributed by atoms with Gasteiger partial charge in [-0.25, -0.2) is 0 Å². The molecule has 18 heavy (non-hydrogen) atoms. The predicted octanol–water partition coefficient (Wildman–Crippen LogP) is 3.92. The van der Waals surface area contributed by atoms with Crippen molar-refractivity contribution in [2.24, 2.45) is 0 Å². The molecule has 0 fully saturated rings. The molecule has 0 unspecified atom stereocenters.